The fraction of sp³-hybridized carbons (Fsp3) is 1.00. The molecular weight excluding hydrogens is 200 g/mol. The van der Waals surface area contributed by atoms with Crippen molar-refractivity contribution in [3.05, 3.63) is 0 Å². The Kier molecular flexibility index (Phi) is 2.29. The first kappa shape index (κ1) is 9.90. The molecule has 0 aromatic carbocycles. The van der Waals surface area contributed by atoms with Crippen molar-refractivity contribution in [3.8, 4) is 0 Å². The molecule has 0 heterocycles. The summed E-state index contributed by atoms with van der Waals surface area (Å²) in [5.74, 6) is 3.56. The second-order valence-corrected chi connectivity index (χ2v) is 6.62. The molecule has 6 unspecified atom stereocenters. The molecule has 4 rings (SSSR count). The summed E-state index contributed by atoms with van der Waals surface area (Å²) in [6.07, 6.45) is 11.9. The number of hydrogen-bond acceptors (Lipinski definition) is 2. The summed E-state index contributed by atoms with van der Waals surface area (Å²) in [6, 6.07) is 0. The molecule has 4 aliphatic rings. The molecule has 4 fully saturated rings. The van der Waals surface area contributed by atoms with Gasteiger partial charge >= 0.3 is 0 Å². The lowest BCUT2D eigenvalue weighted by atomic mass is 9.97. The van der Waals surface area contributed by atoms with E-state index in [0.29, 0.717) is 12.2 Å². The Balaban J connectivity index is 1.30. The van der Waals surface area contributed by atoms with E-state index in [1.165, 1.54) is 51.4 Å². The minimum atomic E-state index is 0.442. The summed E-state index contributed by atoms with van der Waals surface area (Å²) < 4.78 is 0. The van der Waals surface area contributed by atoms with Crippen molar-refractivity contribution in [3.63, 3.8) is 0 Å². The Labute approximate surface area is 97.6 Å². The predicted octanol–water partition coefficient (Wildman–Crippen LogP) is 3.31. The molecule has 0 amide bonds. The van der Waals surface area contributed by atoms with Crippen molar-refractivity contribution in [2.45, 2.75) is 63.6 Å². The van der Waals surface area contributed by atoms with E-state index in [9.17, 15) is 0 Å². The summed E-state index contributed by atoms with van der Waals surface area (Å²) in [7, 11) is 0. The average Bonchev–Trinajstić information content (AvgIpc) is 3.05. The van der Waals surface area contributed by atoms with E-state index in [1.807, 2.05) is 0 Å². The van der Waals surface area contributed by atoms with E-state index in [2.05, 4.69) is 0 Å². The first-order valence-electron chi connectivity index (χ1n) is 7.20. The molecule has 0 aromatic heterocycles. The smallest absolute Gasteiger partial charge is 0.0960 e. The highest BCUT2D eigenvalue weighted by atomic mass is 17.2. The highest BCUT2D eigenvalue weighted by Gasteiger charge is 2.44. The van der Waals surface area contributed by atoms with Crippen molar-refractivity contribution in [1.82, 2.24) is 0 Å². The molecule has 0 saturated heterocycles. The highest BCUT2D eigenvalue weighted by Crippen LogP contribution is 2.48. The normalized spacial score (nSPS) is 54.0. The first-order chi connectivity index (χ1) is 7.88. The third-order valence-corrected chi connectivity index (χ3v) is 5.65. The maximum absolute atomic E-state index is 5.77. The van der Waals surface area contributed by atoms with E-state index in [1.54, 1.807) is 0 Å². The van der Waals surface area contributed by atoms with Crippen LogP contribution in [0.2, 0.25) is 0 Å². The van der Waals surface area contributed by atoms with Gasteiger partial charge in [0.2, 0.25) is 0 Å². The molecule has 0 aliphatic heterocycles. The lowest BCUT2D eigenvalue weighted by Crippen LogP contribution is -2.27. The zero-order chi connectivity index (χ0) is 10.5. The maximum atomic E-state index is 5.77. The minimum Gasteiger partial charge on any atom is -0.233 e. The Morgan fingerprint density at radius 2 is 1.06 bits per heavy atom. The molecule has 4 bridgehead atoms. The quantitative estimate of drug-likeness (QED) is 0.539. The van der Waals surface area contributed by atoms with Crippen LogP contribution in [0.4, 0.5) is 0 Å². The summed E-state index contributed by atoms with van der Waals surface area (Å²) in [5.41, 5.74) is 0. The van der Waals surface area contributed by atoms with Crippen LogP contribution in [0.25, 0.3) is 0 Å². The molecule has 0 radical (unpaired) electrons. The van der Waals surface area contributed by atoms with Gasteiger partial charge in [0.05, 0.1) is 12.2 Å². The Hall–Kier alpha value is -0.0800. The van der Waals surface area contributed by atoms with Gasteiger partial charge in [-0.3, -0.25) is 0 Å². The minimum absolute atomic E-state index is 0.442. The van der Waals surface area contributed by atoms with Gasteiger partial charge in [-0.1, -0.05) is 0 Å². The topological polar surface area (TPSA) is 18.5 Å². The van der Waals surface area contributed by atoms with Crippen molar-refractivity contribution < 1.29 is 9.78 Å². The molecule has 0 aromatic rings. The highest BCUT2D eigenvalue weighted by molar-refractivity contribution is 4.92. The monoisotopic (exact) mass is 222 g/mol. The standard InChI is InChI=1S/C14H22O2/c1-3-11-5-9(1)7-13(11)15-16-14-8-10-2-4-12(14)6-10/h9-14H,1-8H2. The lowest BCUT2D eigenvalue weighted by Gasteiger charge is -2.26. The summed E-state index contributed by atoms with van der Waals surface area (Å²) >= 11 is 0. The second kappa shape index (κ2) is 3.71. The van der Waals surface area contributed by atoms with Crippen LogP contribution in [0.1, 0.15) is 51.4 Å². The van der Waals surface area contributed by atoms with Gasteiger partial charge in [0.1, 0.15) is 0 Å². The van der Waals surface area contributed by atoms with Crippen molar-refractivity contribution >= 4 is 0 Å². The molecule has 2 heteroatoms. The Morgan fingerprint density at radius 3 is 1.38 bits per heavy atom. The largest absolute Gasteiger partial charge is 0.233 e. The van der Waals surface area contributed by atoms with Crippen molar-refractivity contribution in [2.75, 3.05) is 0 Å². The van der Waals surface area contributed by atoms with Gasteiger partial charge in [-0.15, -0.1) is 0 Å². The van der Waals surface area contributed by atoms with Gasteiger partial charge in [0.25, 0.3) is 0 Å². The summed E-state index contributed by atoms with van der Waals surface area (Å²) in [6.45, 7) is 0. The van der Waals surface area contributed by atoms with E-state index in [-0.39, 0.29) is 0 Å². The Bertz CT molecular complexity index is 250. The van der Waals surface area contributed by atoms with Crippen LogP contribution in [0.3, 0.4) is 0 Å². The second-order valence-electron chi connectivity index (χ2n) is 6.62. The van der Waals surface area contributed by atoms with Gasteiger partial charge in [-0.25, -0.2) is 9.78 Å². The van der Waals surface area contributed by atoms with Gasteiger partial charge in [-0.2, -0.15) is 0 Å². The molecule has 0 N–H and O–H groups in total. The van der Waals surface area contributed by atoms with Crippen LogP contribution in [0, 0.1) is 23.7 Å². The lowest BCUT2D eigenvalue weighted by molar-refractivity contribution is -0.364. The SMILES string of the molecule is C1CC2CC1CC2OOC1CC2CCC1C2. The van der Waals surface area contributed by atoms with Crippen LogP contribution in [-0.4, -0.2) is 12.2 Å². The van der Waals surface area contributed by atoms with Crippen LogP contribution in [0.5, 0.6) is 0 Å². The van der Waals surface area contributed by atoms with Crippen LogP contribution in [-0.2, 0) is 9.78 Å². The van der Waals surface area contributed by atoms with Crippen LogP contribution < -0.4 is 0 Å². The van der Waals surface area contributed by atoms with Gasteiger partial charge in [-0.05, 0) is 75.0 Å². The van der Waals surface area contributed by atoms with E-state index in [0.717, 1.165) is 23.7 Å². The zero-order valence-corrected chi connectivity index (χ0v) is 9.94. The molecular formula is C14H22O2. The van der Waals surface area contributed by atoms with Gasteiger partial charge in [0.15, 0.2) is 0 Å². The van der Waals surface area contributed by atoms with Gasteiger partial charge in [0, 0.05) is 0 Å². The number of rotatable bonds is 3. The maximum Gasteiger partial charge on any atom is 0.0960 e. The molecule has 4 aliphatic carbocycles. The van der Waals surface area contributed by atoms with Crippen molar-refractivity contribution in [2.24, 2.45) is 23.7 Å². The summed E-state index contributed by atoms with van der Waals surface area (Å²) in [4.78, 5) is 11.5. The van der Waals surface area contributed by atoms with E-state index in [4.69, 9.17) is 9.78 Å². The third kappa shape index (κ3) is 1.53. The summed E-state index contributed by atoms with van der Waals surface area (Å²) in [5, 5.41) is 0. The van der Waals surface area contributed by atoms with Crippen molar-refractivity contribution in [1.29, 1.82) is 0 Å². The first-order valence-corrected chi connectivity index (χ1v) is 7.20. The van der Waals surface area contributed by atoms with E-state index < -0.39 is 0 Å². The third-order valence-electron chi connectivity index (χ3n) is 5.65. The van der Waals surface area contributed by atoms with Gasteiger partial charge < -0.3 is 0 Å². The fourth-order valence-corrected chi connectivity index (χ4v) is 4.75. The molecule has 90 valence electrons. The molecule has 0 spiro atoms. The zero-order valence-electron chi connectivity index (χ0n) is 9.94. The molecule has 6 atom stereocenters. The van der Waals surface area contributed by atoms with E-state index >= 15 is 0 Å². The predicted molar refractivity (Wildman–Crippen MR) is 60.6 cm³/mol. The molecule has 4 saturated carbocycles. The average molecular weight is 222 g/mol. The van der Waals surface area contributed by atoms with Crippen LogP contribution in [0.15, 0.2) is 0 Å². The number of hydrogen-bond donors (Lipinski definition) is 0. The molecule has 2 nitrogen and oxygen atoms in total. The molecule has 16 heavy (non-hydrogen) atoms. The van der Waals surface area contributed by atoms with Crippen LogP contribution >= 0.6 is 0 Å². The fourth-order valence-electron chi connectivity index (χ4n) is 4.75. The Morgan fingerprint density at radius 1 is 0.562 bits per heavy atom. The number of fused-ring (bicyclic) bond motifs is 4.